The lowest BCUT2D eigenvalue weighted by molar-refractivity contribution is 0.0953. The molecule has 0 aliphatic carbocycles. The topological polar surface area (TPSA) is 62.7 Å². The van der Waals surface area contributed by atoms with Crippen LogP contribution in [0.4, 0.5) is 0 Å². The van der Waals surface area contributed by atoms with Gasteiger partial charge in [0.25, 0.3) is 5.91 Å². The van der Waals surface area contributed by atoms with Crippen LogP contribution in [0.3, 0.4) is 0 Å². The quantitative estimate of drug-likeness (QED) is 0.650. The predicted octanol–water partition coefficient (Wildman–Crippen LogP) is 4.03. The van der Waals surface area contributed by atoms with Gasteiger partial charge in [0.05, 0.1) is 15.6 Å². The molecule has 0 radical (unpaired) electrons. The van der Waals surface area contributed by atoms with E-state index in [2.05, 4.69) is 21.5 Å². The van der Waals surface area contributed by atoms with Crippen LogP contribution in [0.2, 0.25) is 4.34 Å². The Labute approximate surface area is 149 Å². The van der Waals surface area contributed by atoms with Crippen molar-refractivity contribution in [3.63, 3.8) is 0 Å². The van der Waals surface area contributed by atoms with Gasteiger partial charge in [-0.1, -0.05) is 11.6 Å². The lowest BCUT2D eigenvalue weighted by Gasteiger charge is -2.07. The highest BCUT2D eigenvalue weighted by molar-refractivity contribution is 7.19. The minimum atomic E-state index is -0.0795. The van der Waals surface area contributed by atoms with E-state index in [1.807, 2.05) is 36.9 Å². The number of aryl methyl sites for hydroxylation is 3. The fourth-order valence-corrected chi connectivity index (χ4v) is 3.72. The molecular formula is C17H19ClN4OS. The molecule has 126 valence electrons. The molecule has 0 atom stereocenters. The molecule has 3 aromatic rings. The second kappa shape index (κ2) is 7.23. The monoisotopic (exact) mass is 362 g/mol. The van der Waals surface area contributed by atoms with Crippen LogP contribution in [-0.2, 0) is 6.54 Å². The molecular weight excluding hydrogens is 344 g/mol. The molecule has 0 fully saturated rings. The number of carbonyl (C=O) groups excluding carboxylic acids is 1. The van der Waals surface area contributed by atoms with Crippen LogP contribution in [0, 0.1) is 13.8 Å². The maximum Gasteiger partial charge on any atom is 0.253 e. The number of carbonyl (C=O) groups is 1. The summed E-state index contributed by atoms with van der Waals surface area (Å²) >= 11 is 7.44. The van der Waals surface area contributed by atoms with Gasteiger partial charge >= 0.3 is 0 Å². The van der Waals surface area contributed by atoms with Crippen molar-refractivity contribution in [2.45, 2.75) is 26.8 Å². The Kier molecular flexibility index (Phi) is 5.06. The molecule has 0 aliphatic rings. The average molecular weight is 363 g/mol. The summed E-state index contributed by atoms with van der Waals surface area (Å²) in [4.78, 5) is 16.4. The minimum absolute atomic E-state index is 0.0795. The first kappa shape index (κ1) is 16.8. The van der Waals surface area contributed by atoms with Gasteiger partial charge in [-0.05, 0) is 38.5 Å². The van der Waals surface area contributed by atoms with E-state index < -0.39 is 0 Å². The summed E-state index contributed by atoms with van der Waals surface area (Å²) in [6, 6.07) is 5.82. The van der Waals surface area contributed by atoms with Crippen molar-refractivity contribution >= 4 is 28.8 Å². The van der Waals surface area contributed by atoms with Gasteiger partial charge in [-0.2, -0.15) is 5.10 Å². The summed E-state index contributed by atoms with van der Waals surface area (Å²) < 4.78 is 2.68. The molecule has 24 heavy (non-hydrogen) atoms. The maximum atomic E-state index is 12.4. The molecule has 0 saturated carbocycles. The van der Waals surface area contributed by atoms with E-state index in [-0.39, 0.29) is 5.91 Å². The number of halogens is 1. The van der Waals surface area contributed by atoms with Gasteiger partial charge in [-0.3, -0.25) is 9.48 Å². The van der Waals surface area contributed by atoms with Gasteiger partial charge in [0.1, 0.15) is 0 Å². The Balaban J connectivity index is 1.56. The molecule has 0 saturated heterocycles. The van der Waals surface area contributed by atoms with Gasteiger partial charge in [0.15, 0.2) is 0 Å². The van der Waals surface area contributed by atoms with Crippen molar-refractivity contribution in [1.29, 1.82) is 0 Å². The number of rotatable bonds is 6. The zero-order valence-corrected chi connectivity index (χ0v) is 15.2. The molecule has 0 unspecified atom stereocenters. The van der Waals surface area contributed by atoms with E-state index in [0.717, 1.165) is 34.8 Å². The highest BCUT2D eigenvalue weighted by Gasteiger charge is 2.15. The molecule has 0 aromatic carbocycles. The van der Waals surface area contributed by atoms with E-state index in [0.29, 0.717) is 16.4 Å². The first-order valence-corrected chi connectivity index (χ1v) is 8.96. The highest BCUT2D eigenvalue weighted by Crippen LogP contribution is 2.32. The molecule has 2 N–H and O–H groups in total. The SMILES string of the molecule is Cc1cc(C)n(CCCNC(=O)c2c[nH]cc2-c2ccc(Cl)s2)n1. The smallest absolute Gasteiger partial charge is 0.253 e. The Bertz CT molecular complexity index is 849. The molecule has 3 heterocycles. The Hall–Kier alpha value is -2.05. The number of aromatic nitrogens is 3. The molecule has 0 bridgehead atoms. The van der Waals surface area contributed by atoms with E-state index >= 15 is 0 Å². The predicted molar refractivity (Wildman–Crippen MR) is 97.8 cm³/mol. The number of hydrogen-bond acceptors (Lipinski definition) is 3. The van der Waals surface area contributed by atoms with Crippen molar-refractivity contribution in [2.75, 3.05) is 6.54 Å². The summed E-state index contributed by atoms with van der Waals surface area (Å²) in [5.41, 5.74) is 3.67. The van der Waals surface area contributed by atoms with Gasteiger partial charge in [-0.15, -0.1) is 11.3 Å². The summed E-state index contributed by atoms with van der Waals surface area (Å²) in [5, 5.41) is 7.39. The summed E-state index contributed by atoms with van der Waals surface area (Å²) in [6.07, 6.45) is 4.38. The standard InChI is InChI=1S/C17H19ClN4OS/c1-11-8-12(2)22(21-11)7-3-6-20-17(23)14-10-19-9-13(14)15-4-5-16(18)24-15/h4-5,8-10,19H,3,6-7H2,1-2H3,(H,20,23). The van der Waals surface area contributed by atoms with E-state index in [1.165, 1.54) is 11.3 Å². The maximum absolute atomic E-state index is 12.4. The Morgan fingerprint density at radius 2 is 2.21 bits per heavy atom. The number of aromatic amines is 1. The highest BCUT2D eigenvalue weighted by atomic mass is 35.5. The molecule has 1 amide bonds. The number of H-pyrrole nitrogens is 1. The van der Waals surface area contributed by atoms with Gasteiger partial charge in [0, 0.05) is 41.6 Å². The molecule has 3 aromatic heterocycles. The number of hydrogen-bond donors (Lipinski definition) is 2. The van der Waals surface area contributed by atoms with Gasteiger partial charge < -0.3 is 10.3 Å². The van der Waals surface area contributed by atoms with Gasteiger partial charge in [0.2, 0.25) is 0 Å². The zero-order valence-electron chi connectivity index (χ0n) is 13.6. The van der Waals surface area contributed by atoms with Crippen LogP contribution in [-0.4, -0.2) is 27.2 Å². The largest absolute Gasteiger partial charge is 0.366 e. The number of amides is 1. The molecule has 0 spiro atoms. The van der Waals surface area contributed by atoms with E-state index in [9.17, 15) is 4.79 Å². The molecule has 3 rings (SSSR count). The third-order valence-corrected chi connectivity index (χ3v) is 5.03. The Morgan fingerprint density at radius 3 is 2.88 bits per heavy atom. The summed E-state index contributed by atoms with van der Waals surface area (Å²) in [7, 11) is 0. The average Bonchev–Trinajstić information content (AvgIpc) is 3.23. The summed E-state index contributed by atoms with van der Waals surface area (Å²) in [5.74, 6) is -0.0795. The van der Waals surface area contributed by atoms with Crippen LogP contribution in [0.25, 0.3) is 10.4 Å². The number of nitrogens with one attached hydrogen (secondary N) is 2. The van der Waals surface area contributed by atoms with Crippen molar-refractivity contribution in [2.24, 2.45) is 0 Å². The normalized spacial score (nSPS) is 11.0. The second-order valence-corrected chi connectivity index (χ2v) is 7.36. The van der Waals surface area contributed by atoms with Crippen LogP contribution in [0.5, 0.6) is 0 Å². The first-order valence-electron chi connectivity index (χ1n) is 7.76. The third-order valence-electron chi connectivity index (χ3n) is 3.76. The first-order chi connectivity index (χ1) is 11.5. The van der Waals surface area contributed by atoms with Crippen LogP contribution >= 0.6 is 22.9 Å². The lowest BCUT2D eigenvalue weighted by atomic mass is 10.1. The summed E-state index contributed by atoms with van der Waals surface area (Å²) in [6.45, 7) is 5.42. The van der Waals surface area contributed by atoms with Crippen LogP contribution < -0.4 is 5.32 Å². The molecule has 0 aliphatic heterocycles. The molecule has 7 heteroatoms. The van der Waals surface area contributed by atoms with Crippen LogP contribution in [0.1, 0.15) is 28.2 Å². The van der Waals surface area contributed by atoms with Crippen molar-refractivity contribution < 1.29 is 4.79 Å². The minimum Gasteiger partial charge on any atom is -0.366 e. The number of thiophene rings is 1. The third kappa shape index (κ3) is 3.71. The van der Waals surface area contributed by atoms with Gasteiger partial charge in [-0.25, -0.2) is 0 Å². The molecule has 5 nitrogen and oxygen atoms in total. The lowest BCUT2D eigenvalue weighted by Crippen LogP contribution is -2.25. The zero-order chi connectivity index (χ0) is 17.1. The van der Waals surface area contributed by atoms with Crippen molar-refractivity contribution in [3.8, 4) is 10.4 Å². The fraction of sp³-hybridized carbons (Fsp3) is 0.294. The Morgan fingerprint density at radius 1 is 1.38 bits per heavy atom. The van der Waals surface area contributed by atoms with Crippen molar-refractivity contribution in [1.82, 2.24) is 20.1 Å². The van der Waals surface area contributed by atoms with Crippen molar-refractivity contribution in [3.05, 3.63) is 51.9 Å². The number of nitrogens with zero attached hydrogens (tertiary/aromatic N) is 2. The fourth-order valence-electron chi connectivity index (χ4n) is 2.64. The second-order valence-electron chi connectivity index (χ2n) is 5.65. The van der Waals surface area contributed by atoms with E-state index in [1.54, 1.807) is 6.20 Å². The van der Waals surface area contributed by atoms with Crippen LogP contribution in [0.15, 0.2) is 30.6 Å². The van der Waals surface area contributed by atoms with E-state index in [4.69, 9.17) is 11.6 Å².